The van der Waals surface area contributed by atoms with Gasteiger partial charge in [-0.3, -0.25) is 4.90 Å². The summed E-state index contributed by atoms with van der Waals surface area (Å²) in [5, 5.41) is 13.7. The minimum atomic E-state index is -0.779. The molecule has 8 heteroatoms. The van der Waals surface area contributed by atoms with Crippen molar-refractivity contribution in [3.8, 4) is 5.75 Å². The smallest absolute Gasteiger partial charge is 0.407 e. The topological polar surface area (TPSA) is 91.1 Å². The van der Waals surface area contributed by atoms with E-state index in [2.05, 4.69) is 10.2 Å². The Morgan fingerprint density at radius 1 is 1.08 bits per heavy atom. The van der Waals surface area contributed by atoms with Crippen molar-refractivity contribution in [1.82, 2.24) is 15.1 Å². The monoisotopic (exact) mass is 520 g/mol. The molecule has 202 valence electrons. The van der Waals surface area contributed by atoms with Gasteiger partial charge in [-0.2, -0.15) is 0 Å². The molecule has 0 saturated carbocycles. The number of halogens is 1. The molecule has 4 bridgehead atoms. The van der Waals surface area contributed by atoms with E-state index in [1.165, 1.54) is 38.5 Å². The van der Waals surface area contributed by atoms with Crippen molar-refractivity contribution in [2.75, 3.05) is 13.2 Å². The highest BCUT2D eigenvalue weighted by atomic mass is 35.5. The highest BCUT2D eigenvalue weighted by molar-refractivity contribution is 6.30. The van der Waals surface area contributed by atoms with Gasteiger partial charge in [-0.15, -0.1) is 0 Å². The summed E-state index contributed by atoms with van der Waals surface area (Å²) in [5.74, 6) is 0.901. The minimum absolute atomic E-state index is 0.191. The standard InChI is InChI=1S/C16H23ClN2O.C12H22N2O2/c17-12-2-6-16(7-3-12)20-9-1-8-19-14-4-5-15(19)11-13(18)10-14;1-12(2,3)14(11(15)16)10-6-8-4-5-9(7-10)13-8/h2-3,6-7,13-15H,1,4-5,8-11,18H2;8-10,13H,4-7H2,1-3H3,(H,15,16)/t13?,14-,15+;8-,9+,10?. The van der Waals surface area contributed by atoms with Crippen LogP contribution < -0.4 is 15.8 Å². The molecule has 1 aromatic rings. The summed E-state index contributed by atoms with van der Waals surface area (Å²) in [6.07, 6.45) is 9.66. The van der Waals surface area contributed by atoms with Gasteiger partial charge in [-0.05, 0) is 103 Å². The van der Waals surface area contributed by atoms with Gasteiger partial charge in [0.2, 0.25) is 0 Å². The van der Waals surface area contributed by atoms with E-state index >= 15 is 0 Å². The minimum Gasteiger partial charge on any atom is -0.494 e. The fraction of sp³-hybridized carbons (Fsp3) is 0.750. The highest BCUT2D eigenvalue weighted by Crippen LogP contribution is 2.35. The summed E-state index contributed by atoms with van der Waals surface area (Å²) in [4.78, 5) is 15.7. The number of fused-ring (bicyclic) bond motifs is 4. The lowest BCUT2D eigenvalue weighted by Gasteiger charge is -2.43. The Hall–Kier alpha value is -1.54. The van der Waals surface area contributed by atoms with Gasteiger partial charge in [0.15, 0.2) is 0 Å². The number of nitrogens with one attached hydrogen (secondary N) is 1. The van der Waals surface area contributed by atoms with Crippen LogP contribution in [-0.2, 0) is 0 Å². The van der Waals surface area contributed by atoms with E-state index in [-0.39, 0.29) is 11.6 Å². The molecule has 0 radical (unpaired) electrons. The zero-order chi connectivity index (χ0) is 25.9. The largest absolute Gasteiger partial charge is 0.494 e. The average Bonchev–Trinajstić information content (AvgIpc) is 3.26. The van der Waals surface area contributed by atoms with Crippen molar-refractivity contribution < 1.29 is 14.6 Å². The maximum Gasteiger partial charge on any atom is 0.407 e. The van der Waals surface area contributed by atoms with Gasteiger partial charge < -0.3 is 25.8 Å². The fourth-order valence-electron chi connectivity index (χ4n) is 6.88. The second kappa shape index (κ2) is 11.9. The number of carbonyl (C=O) groups is 1. The molecule has 1 amide bonds. The molecule has 4 aliphatic rings. The zero-order valence-electron chi connectivity index (χ0n) is 22.2. The molecule has 0 aromatic heterocycles. The molecular weight excluding hydrogens is 476 g/mol. The Balaban J connectivity index is 0.000000174. The predicted octanol–water partition coefficient (Wildman–Crippen LogP) is 5.11. The maximum atomic E-state index is 11.4. The lowest BCUT2D eigenvalue weighted by Crippen LogP contribution is -2.56. The first-order valence-corrected chi connectivity index (χ1v) is 14.2. The Bertz CT molecular complexity index is 835. The summed E-state index contributed by atoms with van der Waals surface area (Å²) in [7, 11) is 0. The van der Waals surface area contributed by atoms with Gasteiger partial charge in [-0.1, -0.05) is 11.6 Å². The highest BCUT2D eigenvalue weighted by Gasteiger charge is 2.41. The number of nitrogens with zero attached hydrogens (tertiary/aromatic N) is 2. The molecule has 0 aliphatic carbocycles. The third-order valence-corrected chi connectivity index (χ3v) is 8.56. The molecule has 4 N–H and O–H groups in total. The third kappa shape index (κ3) is 7.06. The zero-order valence-corrected chi connectivity index (χ0v) is 22.9. The van der Waals surface area contributed by atoms with Crippen LogP contribution in [0.1, 0.15) is 78.6 Å². The van der Waals surface area contributed by atoms with Gasteiger partial charge in [0.1, 0.15) is 5.75 Å². The average molecular weight is 521 g/mol. The molecule has 4 aliphatic heterocycles. The van der Waals surface area contributed by atoms with E-state index in [0.29, 0.717) is 18.1 Å². The van der Waals surface area contributed by atoms with Gasteiger partial charge in [0.25, 0.3) is 0 Å². The number of nitrogens with two attached hydrogens (primary N) is 1. The van der Waals surface area contributed by atoms with Crippen LogP contribution in [0, 0.1) is 0 Å². The van der Waals surface area contributed by atoms with Crippen molar-refractivity contribution in [2.45, 2.75) is 120 Å². The van der Waals surface area contributed by atoms with E-state index in [1.54, 1.807) is 4.90 Å². The Morgan fingerprint density at radius 3 is 2.19 bits per heavy atom. The van der Waals surface area contributed by atoms with E-state index in [9.17, 15) is 9.90 Å². The van der Waals surface area contributed by atoms with Gasteiger partial charge >= 0.3 is 6.09 Å². The van der Waals surface area contributed by atoms with E-state index in [0.717, 1.165) is 55.3 Å². The lowest BCUT2D eigenvalue weighted by atomic mass is 9.94. The number of amides is 1. The van der Waals surface area contributed by atoms with Crippen LogP contribution in [0.15, 0.2) is 24.3 Å². The number of piperidine rings is 2. The molecule has 2 unspecified atom stereocenters. The molecule has 4 fully saturated rings. The maximum absolute atomic E-state index is 11.4. The van der Waals surface area contributed by atoms with Crippen molar-refractivity contribution in [3.63, 3.8) is 0 Å². The number of benzene rings is 1. The van der Waals surface area contributed by atoms with Crippen molar-refractivity contribution in [1.29, 1.82) is 0 Å². The molecule has 1 aromatic carbocycles. The quantitative estimate of drug-likeness (QED) is 0.451. The summed E-state index contributed by atoms with van der Waals surface area (Å²) < 4.78 is 5.75. The van der Waals surface area contributed by atoms with Gasteiger partial charge in [0, 0.05) is 53.4 Å². The molecule has 4 saturated heterocycles. The summed E-state index contributed by atoms with van der Waals surface area (Å²) in [6, 6.07) is 10.7. The van der Waals surface area contributed by atoms with Crippen molar-refractivity contribution in [2.24, 2.45) is 5.73 Å². The number of hydrogen-bond acceptors (Lipinski definition) is 5. The first-order valence-electron chi connectivity index (χ1n) is 13.8. The molecule has 7 nitrogen and oxygen atoms in total. The second-order valence-electron chi connectivity index (χ2n) is 12.1. The number of carboxylic acid groups (broad SMARTS) is 1. The first-order chi connectivity index (χ1) is 17.1. The second-order valence-corrected chi connectivity index (χ2v) is 12.5. The third-order valence-electron chi connectivity index (χ3n) is 8.31. The number of rotatable bonds is 6. The Morgan fingerprint density at radius 2 is 1.67 bits per heavy atom. The van der Waals surface area contributed by atoms with E-state index in [4.69, 9.17) is 22.1 Å². The summed E-state index contributed by atoms with van der Waals surface area (Å²) in [5.41, 5.74) is 5.80. The number of hydrogen-bond donors (Lipinski definition) is 3. The summed E-state index contributed by atoms with van der Waals surface area (Å²) >= 11 is 5.85. The van der Waals surface area contributed by atoms with Gasteiger partial charge in [0.05, 0.1) is 6.61 Å². The van der Waals surface area contributed by atoms with Crippen LogP contribution in [0.4, 0.5) is 4.79 Å². The van der Waals surface area contributed by atoms with Crippen molar-refractivity contribution >= 4 is 17.7 Å². The van der Waals surface area contributed by atoms with Crippen LogP contribution >= 0.6 is 11.6 Å². The van der Waals surface area contributed by atoms with Gasteiger partial charge in [-0.25, -0.2) is 4.79 Å². The van der Waals surface area contributed by atoms with E-state index < -0.39 is 6.09 Å². The fourth-order valence-corrected chi connectivity index (χ4v) is 7.00. The predicted molar refractivity (Wildman–Crippen MR) is 145 cm³/mol. The molecule has 6 atom stereocenters. The molecule has 5 rings (SSSR count). The molecule has 0 spiro atoms. The SMILES string of the molecule is CC(C)(C)N(C(=O)O)C1C[C@H]2CC[C@@H](C1)N2.NC1C[C@H]2CC[C@@H](C1)N2CCCOc1ccc(Cl)cc1. The van der Waals surface area contributed by atoms with Crippen LogP contribution in [0.5, 0.6) is 5.75 Å². The van der Waals surface area contributed by atoms with Crippen molar-refractivity contribution in [3.05, 3.63) is 29.3 Å². The first kappa shape index (κ1) is 27.5. The summed E-state index contributed by atoms with van der Waals surface area (Å²) in [6.45, 7) is 7.83. The van der Waals surface area contributed by atoms with Crippen LogP contribution in [0.3, 0.4) is 0 Å². The molecular formula is C28H45ClN4O3. The molecule has 4 heterocycles. The normalized spacial score (nSPS) is 31.5. The van der Waals surface area contributed by atoms with Crippen LogP contribution in [0.2, 0.25) is 5.02 Å². The van der Waals surface area contributed by atoms with Crippen LogP contribution in [0.25, 0.3) is 0 Å². The number of ether oxygens (including phenoxy) is 1. The lowest BCUT2D eigenvalue weighted by molar-refractivity contribution is 0.0521. The Labute approximate surface area is 221 Å². The van der Waals surface area contributed by atoms with E-state index in [1.807, 2.05) is 45.0 Å². The Kier molecular flexibility index (Phi) is 9.08. The molecule has 36 heavy (non-hydrogen) atoms. The van der Waals surface area contributed by atoms with Crippen LogP contribution in [-0.4, -0.2) is 75.9 Å².